The fourth-order valence-corrected chi connectivity index (χ4v) is 2.23. The number of rotatable bonds is 4. The summed E-state index contributed by atoms with van der Waals surface area (Å²) in [5.41, 5.74) is 1.02. The third kappa shape index (κ3) is 4.41. The monoisotopic (exact) mass is 326 g/mol. The fraction of sp³-hybridized carbons (Fsp3) is 0.200. The molecule has 0 spiro atoms. The van der Waals surface area contributed by atoms with Crippen LogP contribution in [0.15, 0.2) is 36.4 Å². The number of halogens is 3. The van der Waals surface area contributed by atoms with Gasteiger partial charge < -0.3 is 5.32 Å². The van der Waals surface area contributed by atoms with Crippen molar-refractivity contribution in [3.8, 4) is 0 Å². The molecule has 1 aromatic carbocycles. The van der Waals surface area contributed by atoms with E-state index in [2.05, 4.69) is 10.3 Å². The lowest BCUT2D eigenvalue weighted by Gasteiger charge is -2.14. The molecule has 1 unspecified atom stereocenters. The summed E-state index contributed by atoms with van der Waals surface area (Å²) < 4.78 is 12.8. The minimum Gasteiger partial charge on any atom is -0.348 e. The number of nitrogens with one attached hydrogen (secondary N) is 1. The quantitative estimate of drug-likeness (QED) is 0.866. The Labute approximate surface area is 132 Å². The molecule has 0 radical (unpaired) electrons. The first-order valence-corrected chi connectivity index (χ1v) is 7.08. The number of carbonyl (C=O) groups is 1. The molecule has 1 aromatic heterocycles. The van der Waals surface area contributed by atoms with Gasteiger partial charge in [-0.3, -0.25) is 4.79 Å². The summed E-state index contributed by atoms with van der Waals surface area (Å²) in [6.07, 6.45) is 0.574. The lowest BCUT2D eigenvalue weighted by atomic mass is 10.1. The zero-order valence-corrected chi connectivity index (χ0v) is 12.7. The van der Waals surface area contributed by atoms with Crippen molar-refractivity contribution in [1.29, 1.82) is 0 Å². The Morgan fingerprint density at radius 1 is 1.24 bits per heavy atom. The van der Waals surface area contributed by atoms with E-state index in [0.717, 1.165) is 5.56 Å². The Morgan fingerprint density at radius 3 is 2.57 bits per heavy atom. The van der Waals surface area contributed by atoms with Crippen molar-refractivity contribution in [2.45, 2.75) is 19.4 Å². The first kappa shape index (κ1) is 15.7. The van der Waals surface area contributed by atoms with E-state index in [9.17, 15) is 9.18 Å². The van der Waals surface area contributed by atoms with Crippen LogP contribution in [0.3, 0.4) is 0 Å². The first-order valence-electron chi connectivity index (χ1n) is 6.33. The Bertz CT molecular complexity index is 647. The van der Waals surface area contributed by atoms with Crippen LogP contribution < -0.4 is 5.32 Å². The number of hydrogen-bond donors (Lipinski definition) is 1. The maximum absolute atomic E-state index is 12.8. The second kappa shape index (κ2) is 6.87. The number of nitrogens with zero attached hydrogens (tertiary/aromatic N) is 1. The lowest BCUT2D eigenvalue weighted by Crippen LogP contribution is -2.34. The molecule has 0 aliphatic heterocycles. The largest absolute Gasteiger partial charge is 0.348 e. The molecule has 0 aliphatic rings. The number of carbonyl (C=O) groups excluding carboxylic acids is 1. The van der Waals surface area contributed by atoms with Crippen molar-refractivity contribution < 1.29 is 9.18 Å². The van der Waals surface area contributed by atoms with Gasteiger partial charge in [0.2, 0.25) is 0 Å². The minimum absolute atomic E-state index is 0.0927. The minimum atomic E-state index is -0.392. The number of amides is 1. The van der Waals surface area contributed by atoms with Crippen molar-refractivity contribution in [2.75, 3.05) is 0 Å². The van der Waals surface area contributed by atoms with Gasteiger partial charge in [-0.25, -0.2) is 9.37 Å². The second-order valence-electron chi connectivity index (χ2n) is 4.67. The molecule has 0 saturated heterocycles. The Morgan fingerprint density at radius 2 is 1.90 bits per heavy atom. The van der Waals surface area contributed by atoms with Gasteiger partial charge in [-0.1, -0.05) is 35.3 Å². The first-order chi connectivity index (χ1) is 9.95. The van der Waals surface area contributed by atoms with Crippen molar-refractivity contribution in [3.63, 3.8) is 0 Å². The van der Waals surface area contributed by atoms with Crippen LogP contribution in [0.2, 0.25) is 10.2 Å². The summed E-state index contributed by atoms with van der Waals surface area (Å²) in [6, 6.07) is 9.03. The highest BCUT2D eigenvalue weighted by Gasteiger charge is 2.15. The molecular formula is C15H13Cl2FN2O. The van der Waals surface area contributed by atoms with E-state index in [-0.39, 0.29) is 27.7 Å². The van der Waals surface area contributed by atoms with Crippen LogP contribution in [-0.2, 0) is 6.42 Å². The van der Waals surface area contributed by atoms with Gasteiger partial charge in [-0.15, -0.1) is 0 Å². The molecule has 6 heteroatoms. The van der Waals surface area contributed by atoms with E-state index in [4.69, 9.17) is 23.2 Å². The maximum atomic E-state index is 12.8. The van der Waals surface area contributed by atoms with Gasteiger partial charge in [0, 0.05) is 6.04 Å². The average Bonchev–Trinajstić information content (AvgIpc) is 2.44. The molecule has 21 heavy (non-hydrogen) atoms. The molecule has 0 aliphatic carbocycles. The molecule has 0 bridgehead atoms. The third-order valence-electron chi connectivity index (χ3n) is 2.86. The molecule has 2 rings (SSSR count). The van der Waals surface area contributed by atoms with Crippen LogP contribution >= 0.6 is 23.2 Å². The molecule has 1 heterocycles. The van der Waals surface area contributed by atoms with E-state index in [1.165, 1.54) is 24.3 Å². The SMILES string of the molecule is CC(Cc1ccc(F)cc1)NC(=O)c1nc(Cl)ccc1Cl. The fourth-order valence-electron chi connectivity index (χ4n) is 1.89. The van der Waals surface area contributed by atoms with Crippen molar-refractivity contribution >= 4 is 29.1 Å². The topological polar surface area (TPSA) is 42.0 Å². The standard InChI is InChI=1S/C15H13Cl2FN2O/c1-9(8-10-2-4-11(18)5-3-10)19-15(21)14-12(16)6-7-13(17)20-14/h2-7,9H,8H2,1H3,(H,19,21). The third-order valence-corrected chi connectivity index (χ3v) is 3.38. The van der Waals surface area contributed by atoms with Gasteiger partial charge >= 0.3 is 0 Å². The molecule has 1 N–H and O–H groups in total. The van der Waals surface area contributed by atoms with Gasteiger partial charge in [-0.2, -0.15) is 0 Å². The molecule has 2 aromatic rings. The summed E-state index contributed by atoms with van der Waals surface area (Å²) in [5.74, 6) is -0.678. The van der Waals surface area contributed by atoms with E-state index < -0.39 is 5.91 Å². The van der Waals surface area contributed by atoms with Crippen LogP contribution in [0.4, 0.5) is 4.39 Å². The molecule has 3 nitrogen and oxygen atoms in total. The van der Waals surface area contributed by atoms with Crippen LogP contribution in [0.5, 0.6) is 0 Å². The zero-order chi connectivity index (χ0) is 15.4. The van der Waals surface area contributed by atoms with Gasteiger partial charge in [0.25, 0.3) is 5.91 Å². The molecule has 1 atom stereocenters. The smallest absolute Gasteiger partial charge is 0.271 e. The summed E-state index contributed by atoms with van der Waals surface area (Å²) in [5, 5.41) is 3.23. The van der Waals surface area contributed by atoms with Gasteiger partial charge in [0.05, 0.1) is 5.02 Å². The van der Waals surface area contributed by atoms with Gasteiger partial charge in [0.1, 0.15) is 16.7 Å². The van der Waals surface area contributed by atoms with Crippen LogP contribution in [0.25, 0.3) is 0 Å². The normalized spacial score (nSPS) is 12.0. The van der Waals surface area contributed by atoms with Crippen molar-refractivity contribution in [3.05, 3.63) is 63.6 Å². The van der Waals surface area contributed by atoms with E-state index in [1.807, 2.05) is 6.92 Å². The van der Waals surface area contributed by atoms with E-state index in [1.54, 1.807) is 12.1 Å². The molecule has 1 amide bonds. The Kier molecular flexibility index (Phi) is 5.15. The molecule has 110 valence electrons. The number of hydrogen-bond acceptors (Lipinski definition) is 2. The maximum Gasteiger partial charge on any atom is 0.271 e. The van der Waals surface area contributed by atoms with Crippen molar-refractivity contribution in [1.82, 2.24) is 10.3 Å². The predicted molar refractivity (Wildman–Crippen MR) is 81.3 cm³/mol. The van der Waals surface area contributed by atoms with Gasteiger partial charge in [-0.05, 0) is 43.2 Å². The second-order valence-corrected chi connectivity index (χ2v) is 5.46. The Hall–Kier alpha value is -1.65. The predicted octanol–water partition coefficient (Wildman–Crippen LogP) is 3.89. The highest BCUT2D eigenvalue weighted by Crippen LogP contribution is 2.17. The van der Waals surface area contributed by atoms with E-state index >= 15 is 0 Å². The average molecular weight is 327 g/mol. The zero-order valence-electron chi connectivity index (χ0n) is 11.2. The highest BCUT2D eigenvalue weighted by atomic mass is 35.5. The molecule has 0 fully saturated rings. The lowest BCUT2D eigenvalue weighted by molar-refractivity contribution is 0.0935. The molecular weight excluding hydrogens is 314 g/mol. The van der Waals surface area contributed by atoms with E-state index in [0.29, 0.717) is 6.42 Å². The summed E-state index contributed by atoms with van der Waals surface area (Å²) in [4.78, 5) is 16.0. The van der Waals surface area contributed by atoms with Gasteiger partial charge in [0.15, 0.2) is 0 Å². The number of pyridine rings is 1. The summed E-state index contributed by atoms with van der Waals surface area (Å²) in [6.45, 7) is 1.85. The number of benzene rings is 1. The van der Waals surface area contributed by atoms with Crippen LogP contribution in [0.1, 0.15) is 23.0 Å². The van der Waals surface area contributed by atoms with Crippen LogP contribution in [-0.4, -0.2) is 16.9 Å². The summed E-state index contributed by atoms with van der Waals surface area (Å²) >= 11 is 11.7. The summed E-state index contributed by atoms with van der Waals surface area (Å²) in [7, 11) is 0. The van der Waals surface area contributed by atoms with Crippen LogP contribution in [0, 0.1) is 5.82 Å². The highest BCUT2D eigenvalue weighted by molar-refractivity contribution is 6.34. The number of aromatic nitrogens is 1. The Balaban J connectivity index is 2.01. The van der Waals surface area contributed by atoms with Crippen molar-refractivity contribution in [2.24, 2.45) is 0 Å². The molecule has 0 saturated carbocycles.